The van der Waals surface area contributed by atoms with E-state index in [2.05, 4.69) is 22.2 Å². The summed E-state index contributed by atoms with van der Waals surface area (Å²) in [7, 11) is 0. The molecule has 0 bridgehead atoms. The zero-order valence-electron chi connectivity index (χ0n) is 11.0. The molecule has 1 heterocycles. The third-order valence-electron chi connectivity index (χ3n) is 2.43. The van der Waals surface area contributed by atoms with E-state index in [9.17, 15) is 4.79 Å². The molecule has 18 heavy (non-hydrogen) atoms. The molecule has 6 heteroatoms. The number of primary amides is 1. The van der Waals surface area contributed by atoms with Crippen molar-refractivity contribution in [3.8, 4) is 0 Å². The maximum atomic E-state index is 11.1. The van der Waals surface area contributed by atoms with Crippen LogP contribution in [-0.4, -0.2) is 35.5 Å². The van der Waals surface area contributed by atoms with Crippen molar-refractivity contribution in [2.24, 2.45) is 5.73 Å². The first-order valence-electron chi connectivity index (χ1n) is 6.27. The van der Waals surface area contributed by atoms with Crippen LogP contribution in [0.3, 0.4) is 0 Å². The molecule has 0 fully saturated rings. The highest BCUT2D eigenvalue weighted by molar-refractivity contribution is 5.79. The van der Waals surface area contributed by atoms with Crippen LogP contribution in [0.15, 0.2) is 12.3 Å². The summed E-state index contributed by atoms with van der Waals surface area (Å²) in [6, 6.07) is 1.79. The third kappa shape index (κ3) is 4.57. The Kier molecular flexibility index (Phi) is 5.90. The molecule has 6 nitrogen and oxygen atoms in total. The van der Waals surface area contributed by atoms with Gasteiger partial charge in [0.2, 0.25) is 11.9 Å². The molecule has 0 aromatic carbocycles. The summed E-state index contributed by atoms with van der Waals surface area (Å²) in [5.74, 6) is 0.948. The second-order valence-electron chi connectivity index (χ2n) is 4.01. The van der Waals surface area contributed by atoms with E-state index >= 15 is 0 Å². The standard InChI is InChI=1S/C12H21N5O/c1-3-5-8-17(9-10(13)18)11-6-7-15-12(16-11)14-4-2/h6-7H,3-5,8-9H2,1-2H3,(H2,13,18)(H,14,15,16). The summed E-state index contributed by atoms with van der Waals surface area (Å²) < 4.78 is 0. The second-order valence-corrected chi connectivity index (χ2v) is 4.01. The van der Waals surface area contributed by atoms with E-state index in [1.165, 1.54) is 0 Å². The largest absolute Gasteiger partial charge is 0.368 e. The molecule has 0 aliphatic carbocycles. The Morgan fingerprint density at radius 1 is 1.50 bits per heavy atom. The van der Waals surface area contributed by atoms with Gasteiger partial charge in [0.25, 0.3) is 0 Å². The summed E-state index contributed by atoms with van der Waals surface area (Å²) in [4.78, 5) is 21.4. The van der Waals surface area contributed by atoms with E-state index in [0.29, 0.717) is 5.95 Å². The molecule has 1 rings (SSSR count). The van der Waals surface area contributed by atoms with Crippen LogP contribution in [0.1, 0.15) is 26.7 Å². The van der Waals surface area contributed by atoms with Crippen LogP contribution in [0.2, 0.25) is 0 Å². The normalized spacial score (nSPS) is 10.1. The van der Waals surface area contributed by atoms with E-state index in [-0.39, 0.29) is 12.5 Å². The zero-order chi connectivity index (χ0) is 13.4. The molecule has 3 N–H and O–H groups in total. The number of nitrogens with two attached hydrogens (primary N) is 1. The van der Waals surface area contributed by atoms with E-state index in [4.69, 9.17) is 5.73 Å². The average molecular weight is 251 g/mol. The van der Waals surface area contributed by atoms with Gasteiger partial charge >= 0.3 is 0 Å². The first-order chi connectivity index (χ1) is 8.67. The summed E-state index contributed by atoms with van der Waals surface area (Å²) in [5.41, 5.74) is 5.26. The number of carbonyl (C=O) groups excluding carboxylic acids is 1. The van der Waals surface area contributed by atoms with Crippen LogP contribution < -0.4 is 16.0 Å². The fraction of sp³-hybridized carbons (Fsp3) is 0.583. The summed E-state index contributed by atoms with van der Waals surface area (Å²) in [5, 5.41) is 3.05. The quantitative estimate of drug-likeness (QED) is 0.720. The molecular weight excluding hydrogens is 230 g/mol. The summed E-state index contributed by atoms with van der Waals surface area (Å²) in [6.45, 7) is 5.79. The number of anilines is 2. The minimum absolute atomic E-state index is 0.183. The van der Waals surface area contributed by atoms with Crippen LogP contribution in [0.5, 0.6) is 0 Å². The number of unbranched alkanes of at least 4 members (excludes halogenated alkanes) is 1. The molecule has 0 saturated heterocycles. The van der Waals surface area contributed by atoms with Gasteiger partial charge in [0.15, 0.2) is 0 Å². The number of hydrogen-bond acceptors (Lipinski definition) is 5. The van der Waals surface area contributed by atoms with Gasteiger partial charge in [0.1, 0.15) is 5.82 Å². The monoisotopic (exact) mass is 251 g/mol. The molecule has 0 unspecified atom stereocenters. The van der Waals surface area contributed by atoms with E-state index in [1.807, 2.05) is 11.8 Å². The Bertz CT molecular complexity index is 382. The Hall–Kier alpha value is -1.85. The SMILES string of the molecule is CCCCN(CC(N)=O)c1ccnc(NCC)n1. The van der Waals surface area contributed by atoms with Crippen molar-refractivity contribution >= 4 is 17.7 Å². The van der Waals surface area contributed by atoms with Crippen molar-refractivity contribution in [1.29, 1.82) is 0 Å². The molecule has 0 saturated carbocycles. The van der Waals surface area contributed by atoms with Crippen LogP contribution in [0.4, 0.5) is 11.8 Å². The highest BCUT2D eigenvalue weighted by atomic mass is 16.1. The third-order valence-corrected chi connectivity index (χ3v) is 2.43. The molecule has 0 spiro atoms. The zero-order valence-corrected chi connectivity index (χ0v) is 11.0. The molecule has 1 amide bonds. The van der Waals surface area contributed by atoms with Crippen LogP contribution in [0, 0.1) is 0 Å². The maximum absolute atomic E-state index is 11.1. The van der Waals surface area contributed by atoms with Crippen LogP contribution >= 0.6 is 0 Å². The summed E-state index contributed by atoms with van der Waals surface area (Å²) >= 11 is 0. The lowest BCUT2D eigenvalue weighted by Gasteiger charge is -2.22. The predicted molar refractivity (Wildman–Crippen MR) is 72.5 cm³/mol. The van der Waals surface area contributed by atoms with Gasteiger partial charge in [-0.15, -0.1) is 0 Å². The number of nitrogens with zero attached hydrogens (tertiary/aromatic N) is 3. The molecule has 1 aromatic rings. The van der Waals surface area contributed by atoms with Crippen molar-refractivity contribution in [2.75, 3.05) is 29.9 Å². The number of rotatable bonds is 8. The molecule has 1 aromatic heterocycles. The molecular formula is C12H21N5O. The molecule has 0 aliphatic heterocycles. The Labute approximate surface area is 108 Å². The highest BCUT2D eigenvalue weighted by Gasteiger charge is 2.11. The van der Waals surface area contributed by atoms with E-state index in [1.54, 1.807) is 12.3 Å². The van der Waals surface area contributed by atoms with Crippen LogP contribution in [-0.2, 0) is 4.79 Å². The predicted octanol–water partition coefficient (Wildman–Crippen LogP) is 1.00. The summed E-state index contributed by atoms with van der Waals surface area (Å²) in [6.07, 6.45) is 3.73. The Morgan fingerprint density at radius 3 is 2.89 bits per heavy atom. The van der Waals surface area contributed by atoms with E-state index in [0.717, 1.165) is 31.7 Å². The van der Waals surface area contributed by atoms with Gasteiger partial charge in [-0.05, 0) is 19.4 Å². The van der Waals surface area contributed by atoms with Crippen molar-refractivity contribution in [3.05, 3.63) is 12.3 Å². The topological polar surface area (TPSA) is 84.1 Å². The van der Waals surface area contributed by atoms with Gasteiger partial charge in [0, 0.05) is 19.3 Å². The number of nitrogens with one attached hydrogen (secondary N) is 1. The second kappa shape index (κ2) is 7.47. The van der Waals surface area contributed by atoms with E-state index < -0.39 is 0 Å². The minimum Gasteiger partial charge on any atom is -0.368 e. The van der Waals surface area contributed by atoms with Gasteiger partial charge in [-0.3, -0.25) is 4.79 Å². The number of carbonyl (C=O) groups is 1. The van der Waals surface area contributed by atoms with Gasteiger partial charge < -0.3 is 16.0 Å². The highest BCUT2D eigenvalue weighted by Crippen LogP contribution is 2.12. The van der Waals surface area contributed by atoms with Gasteiger partial charge in [-0.25, -0.2) is 4.98 Å². The lowest BCUT2D eigenvalue weighted by Crippen LogP contribution is -2.35. The van der Waals surface area contributed by atoms with Gasteiger partial charge in [0.05, 0.1) is 6.54 Å². The molecule has 100 valence electrons. The van der Waals surface area contributed by atoms with Crippen LogP contribution in [0.25, 0.3) is 0 Å². The average Bonchev–Trinajstić information content (AvgIpc) is 2.35. The van der Waals surface area contributed by atoms with Gasteiger partial charge in [-0.1, -0.05) is 13.3 Å². The Morgan fingerprint density at radius 2 is 2.28 bits per heavy atom. The number of hydrogen-bond donors (Lipinski definition) is 2. The van der Waals surface area contributed by atoms with Crippen molar-refractivity contribution in [3.63, 3.8) is 0 Å². The number of aromatic nitrogens is 2. The minimum atomic E-state index is -0.352. The fourth-order valence-electron chi connectivity index (χ4n) is 1.58. The van der Waals surface area contributed by atoms with Crippen molar-refractivity contribution in [1.82, 2.24) is 9.97 Å². The smallest absolute Gasteiger partial charge is 0.236 e. The lowest BCUT2D eigenvalue weighted by atomic mass is 10.3. The molecule has 0 atom stereocenters. The van der Waals surface area contributed by atoms with Crippen molar-refractivity contribution < 1.29 is 4.79 Å². The maximum Gasteiger partial charge on any atom is 0.236 e. The van der Waals surface area contributed by atoms with Gasteiger partial charge in [-0.2, -0.15) is 4.98 Å². The molecule has 0 radical (unpaired) electrons. The fourth-order valence-corrected chi connectivity index (χ4v) is 1.58. The Balaban J connectivity index is 2.81. The first kappa shape index (κ1) is 14.2. The molecule has 0 aliphatic rings. The first-order valence-corrected chi connectivity index (χ1v) is 6.27. The lowest BCUT2D eigenvalue weighted by molar-refractivity contribution is -0.116. The van der Waals surface area contributed by atoms with Crippen molar-refractivity contribution in [2.45, 2.75) is 26.7 Å². The number of amides is 1.